The molecule has 0 unspecified atom stereocenters. The molecule has 2 aromatic carbocycles. The van der Waals surface area contributed by atoms with Crippen LogP contribution in [0.2, 0.25) is 5.02 Å². The van der Waals surface area contributed by atoms with Crippen LogP contribution in [0.1, 0.15) is 15.9 Å². The second-order valence-corrected chi connectivity index (χ2v) is 6.32. The van der Waals surface area contributed by atoms with E-state index in [0.717, 1.165) is 5.56 Å². The summed E-state index contributed by atoms with van der Waals surface area (Å²) in [6.07, 6.45) is 3.36. The third-order valence-electron chi connectivity index (χ3n) is 3.94. The summed E-state index contributed by atoms with van der Waals surface area (Å²) in [5.74, 6) is 0.526. The zero-order valence-corrected chi connectivity index (χ0v) is 15.3. The molecule has 0 saturated heterocycles. The van der Waals surface area contributed by atoms with E-state index in [4.69, 9.17) is 16.3 Å². The van der Waals surface area contributed by atoms with Gasteiger partial charge in [0.2, 0.25) is 0 Å². The van der Waals surface area contributed by atoms with Gasteiger partial charge in [0.1, 0.15) is 12.4 Å². The Morgan fingerprint density at radius 2 is 1.88 bits per heavy atom. The highest BCUT2D eigenvalue weighted by Gasteiger charge is 2.14. The predicted octanol–water partition coefficient (Wildman–Crippen LogP) is 3.74. The number of hydrogen-bond acceptors (Lipinski definition) is 3. The molecule has 3 aromatic rings. The van der Waals surface area contributed by atoms with Gasteiger partial charge in [-0.15, -0.1) is 0 Å². The first-order valence-electron chi connectivity index (χ1n) is 8.32. The number of carbonyl (C=O) groups is 1. The Morgan fingerprint density at radius 3 is 2.65 bits per heavy atom. The molecule has 0 N–H and O–H groups in total. The van der Waals surface area contributed by atoms with E-state index in [2.05, 4.69) is 5.10 Å². The summed E-state index contributed by atoms with van der Waals surface area (Å²) in [6, 6.07) is 17.3. The summed E-state index contributed by atoms with van der Waals surface area (Å²) in [5.41, 5.74) is 1.69. The fraction of sp³-hybridized carbons (Fsp3) is 0.200. The van der Waals surface area contributed by atoms with E-state index >= 15 is 0 Å². The second kappa shape index (κ2) is 8.54. The van der Waals surface area contributed by atoms with Crippen LogP contribution in [0.15, 0.2) is 67.0 Å². The van der Waals surface area contributed by atoms with E-state index in [1.807, 2.05) is 42.5 Å². The molecule has 0 aliphatic rings. The SMILES string of the molecule is CN(CCOc1ccccc1Cl)C(=O)c1cnn(Cc2ccccc2)c1. The molecule has 1 amide bonds. The van der Waals surface area contributed by atoms with E-state index in [1.54, 1.807) is 41.2 Å². The minimum Gasteiger partial charge on any atom is -0.490 e. The Hall–Kier alpha value is -2.79. The number of para-hydroxylation sites is 1. The third-order valence-corrected chi connectivity index (χ3v) is 4.25. The fourth-order valence-electron chi connectivity index (χ4n) is 2.51. The van der Waals surface area contributed by atoms with Gasteiger partial charge in [-0.1, -0.05) is 54.1 Å². The monoisotopic (exact) mass is 369 g/mol. The van der Waals surface area contributed by atoms with Crippen LogP contribution in [-0.4, -0.2) is 40.8 Å². The zero-order valence-electron chi connectivity index (χ0n) is 14.5. The Bertz CT molecular complexity index is 864. The lowest BCUT2D eigenvalue weighted by Crippen LogP contribution is -2.30. The van der Waals surface area contributed by atoms with Crippen LogP contribution >= 0.6 is 11.6 Å². The number of likely N-dealkylation sites (N-methyl/N-ethyl adjacent to an activating group) is 1. The number of hydrogen-bond donors (Lipinski definition) is 0. The van der Waals surface area contributed by atoms with Crippen molar-refractivity contribution in [3.63, 3.8) is 0 Å². The molecular weight excluding hydrogens is 350 g/mol. The molecule has 134 valence electrons. The van der Waals surface area contributed by atoms with Gasteiger partial charge in [0.15, 0.2) is 0 Å². The molecule has 0 saturated carbocycles. The molecule has 0 atom stereocenters. The quantitative estimate of drug-likeness (QED) is 0.637. The van der Waals surface area contributed by atoms with Crippen molar-refractivity contribution in [2.75, 3.05) is 20.2 Å². The lowest BCUT2D eigenvalue weighted by Gasteiger charge is -2.17. The average molecular weight is 370 g/mol. The van der Waals surface area contributed by atoms with Gasteiger partial charge in [0.05, 0.1) is 29.9 Å². The minimum atomic E-state index is -0.0907. The number of nitrogens with zero attached hydrogens (tertiary/aromatic N) is 3. The Kier molecular flexibility index (Phi) is 5.92. The molecule has 0 bridgehead atoms. The summed E-state index contributed by atoms with van der Waals surface area (Å²) in [4.78, 5) is 14.1. The highest BCUT2D eigenvalue weighted by atomic mass is 35.5. The van der Waals surface area contributed by atoms with Gasteiger partial charge in [-0.05, 0) is 17.7 Å². The zero-order chi connectivity index (χ0) is 18.4. The number of rotatable bonds is 7. The molecule has 6 heteroatoms. The van der Waals surface area contributed by atoms with Crippen molar-refractivity contribution in [1.29, 1.82) is 0 Å². The normalized spacial score (nSPS) is 10.5. The number of amides is 1. The number of carbonyl (C=O) groups excluding carboxylic acids is 1. The first kappa shape index (κ1) is 18.0. The van der Waals surface area contributed by atoms with Gasteiger partial charge >= 0.3 is 0 Å². The van der Waals surface area contributed by atoms with E-state index in [1.165, 1.54) is 0 Å². The van der Waals surface area contributed by atoms with E-state index < -0.39 is 0 Å². The topological polar surface area (TPSA) is 47.4 Å². The van der Waals surface area contributed by atoms with E-state index in [0.29, 0.717) is 36.0 Å². The van der Waals surface area contributed by atoms with Gasteiger partial charge in [-0.3, -0.25) is 9.48 Å². The number of benzene rings is 2. The van der Waals surface area contributed by atoms with Gasteiger partial charge < -0.3 is 9.64 Å². The van der Waals surface area contributed by atoms with Gasteiger partial charge in [0.25, 0.3) is 5.91 Å². The van der Waals surface area contributed by atoms with Crippen molar-refractivity contribution in [1.82, 2.24) is 14.7 Å². The van der Waals surface area contributed by atoms with Crippen LogP contribution in [0.4, 0.5) is 0 Å². The standard InChI is InChI=1S/C20H20ClN3O2/c1-23(11-12-26-19-10-6-5-9-18(19)21)20(25)17-13-22-24(15-17)14-16-7-3-2-4-8-16/h2-10,13,15H,11-12,14H2,1H3. The molecule has 0 aliphatic heterocycles. The number of aromatic nitrogens is 2. The molecule has 0 aliphatic carbocycles. The lowest BCUT2D eigenvalue weighted by molar-refractivity contribution is 0.0773. The summed E-state index contributed by atoms with van der Waals surface area (Å²) < 4.78 is 7.39. The van der Waals surface area contributed by atoms with E-state index in [9.17, 15) is 4.79 Å². The van der Waals surface area contributed by atoms with Crippen molar-refractivity contribution in [3.05, 3.63) is 83.1 Å². The molecule has 26 heavy (non-hydrogen) atoms. The van der Waals surface area contributed by atoms with Crippen LogP contribution in [0.3, 0.4) is 0 Å². The number of ether oxygens (including phenoxy) is 1. The summed E-state index contributed by atoms with van der Waals surface area (Å²) >= 11 is 6.05. The minimum absolute atomic E-state index is 0.0907. The average Bonchev–Trinajstić information content (AvgIpc) is 3.12. The van der Waals surface area contributed by atoms with Crippen LogP contribution < -0.4 is 4.74 Å². The van der Waals surface area contributed by atoms with Crippen molar-refractivity contribution in [2.24, 2.45) is 0 Å². The van der Waals surface area contributed by atoms with Gasteiger partial charge in [-0.2, -0.15) is 5.10 Å². The molecule has 5 nitrogen and oxygen atoms in total. The molecule has 1 aromatic heterocycles. The first-order valence-corrected chi connectivity index (χ1v) is 8.70. The highest BCUT2D eigenvalue weighted by molar-refractivity contribution is 6.32. The second-order valence-electron chi connectivity index (χ2n) is 5.92. The summed E-state index contributed by atoms with van der Waals surface area (Å²) in [5, 5.41) is 4.83. The third kappa shape index (κ3) is 4.64. The first-order chi connectivity index (χ1) is 12.6. The molecular formula is C20H20ClN3O2. The maximum atomic E-state index is 12.5. The number of halogens is 1. The summed E-state index contributed by atoms with van der Waals surface area (Å²) in [6.45, 7) is 1.45. The van der Waals surface area contributed by atoms with Gasteiger partial charge in [-0.25, -0.2) is 0 Å². The van der Waals surface area contributed by atoms with Crippen molar-refractivity contribution >= 4 is 17.5 Å². The lowest BCUT2D eigenvalue weighted by atomic mass is 10.2. The fourth-order valence-corrected chi connectivity index (χ4v) is 2.70. The van der Waals surface area contributed by atoms with Crippen LogP contribution in [-0.2, 0) is 6.54 Å². The maximum absolute atomic E-state index is 12.5. The Balaban J connectivity index is 1.53. The predicted molar refractivity (Wildman–Crippen MR) is 102 cm³/mol. The summed E-state index contributed by atoms with van der Waals surface area (Å²) in [7, 11) is 1.74. The molecule has 0 radical (unpaired) electrons. The molecule has 0 spiro atoms. The molecule has 0 fully saturated rings. The van der Waals surface area contributed by atoms with Crippen LogP contribution in [0.25, 0.3) is 0 Å². The maximum Gasteiger partial charge on any atom is 0.256 e. The smallest absolute Gasteiger partial charge is 0.256 e. The highest BCUT2D eigenvalue weighted by Crippen LogP contribution is 2.22. The van der Waals surface area contributed by atoms with Gasteiger partial charge in [0, 0.05) is 13.2 Å². The van der Waals surface area contributed by atoms with Crippen LogP contribution in [0, 0.1) is 0 Å². The van der Waals surface area contributed by atoms with Crippen molar-refractivity contribution < 1.29 is 9.53 Å². The molecule has 1 heterocycles. The molecule has 3 rings (SSSR count). The van der Waals surface area contributed by atoms with Crippen LogP contribution in [0.5, 0.6) is 5.75 Å². The Morgan fingerprint density at radius 1 is 1.15 bits per heavy atom. The van der Waals surface area contributed by atoms with Crippen molar-refractivity contribution in [3.8, 4) is 5.75 Å². The van der Waals surface area contributed by atoms with Crippen molar-refractivity contribution in [2.45, 2.75) is 6.54 Å². The Labute approximate surface area is 157 Å². The largest absolute Gasteiger partial charge is 0.490 e. The van der Waals surface area contributed by atoms with E-state index in [-0.39, 0.29) is 5.91 Å².